The van der Waals surface area contributed by atoms with E-state index in [0.29, 0.717) is 16.4 Å². The summed E-state index contributed by atoms with van der Waals surface area (Å²) < 4.78 is 40.7. The maximum absolute atomic E-state index is 13.6. The molecular formula is C18H12BF3. The Hall–Kier alpha value is -2.49. The summed E-state index contributed by atoms with van der Waals surface area (Å²) in [5, 5.41) is 0. The summed E-state index contributed by atoms with van der Waals surface area (Å²) in [5.41, 5.74) is 1.95. The van der Waals surface area contributed by atoms with Crippen molar-refractivity contribution in [2.24, 2.45) is 0 Å². The fourth-order valence-electron chi connectivity index (χ4n) is 2.64. The first-order chi connectivity index (χ1) is 10.6. The standard InChI is InChI=1S/C18H12BF3/c20-16-7-1-4-13(10-16)19(14-5-2-8-17(21)11-14)15-6-3-9-18(22)12-15/h1-12H. The van der Waals surface area contributed by atoms with Crippen LogP contribution in [-0.2, 0) is 0 Å². The predicted molar refractivity (Wildman–Crippen MR) is 83.9 cm³/mol. The Balaban J connectivity index is 2.18. The molecule has 0 aromatic heterocycles. The summed E-state index contributed by atoms with van der Waals surface area (Å²) in [6, 6.07) is 18.2. The summed E-state index contributed by atoms with van der Waals surface area (Å²) in [4.78, 5) is 0. The van der Waals surface area contributed by atoms with E-state index in [-0.39, 0.29) is 17.5 Å². The molecule has 0 aliphatic carbocycles. The molecule has 3 aromatic rings. The zero-order valence-corrected chi connectivity index (χ0v) is 11.6. The smallest absolute Gasteiger partial charge is 0.207 e. The summed E-state index contributed by atoms with van der Waals surface area (Å²) >= 11 is 0. The molecule has 0 radical (unpaired) electrons. The number of halogens is 3. The van der Waals surface area contributed by atoms with Crippen molar-refractivity contribution in [1.82, 2.24) is 0 Å². The van der Waals surface area contributed by atoms with Crippen molar-refractivity contribution in [3.05, 3.63) is 90.2 Å². The lowest BCUT2D eigenvalue weighted by Crippen LogP contribution is -2.52. The molecule has 0 bridgehead atoms. The van der Waals surface area contributed by atoms with E-state index < -0.39 is 6.71 Å². The third-order valence-corrected chi connectivity index (χ3v) is 3.55. The molecule has 0 heterocycles. The number of hydrogen-bond acceptors (Lipinski definition) is 0. The Morgan fingerprint density at radius 3 is 1.09 bits per heavy atom. The molecule has 3 aromatic carbocycles. The Labute approximate surface area is 127 Å². The summed E-state index contributed by atoms with van der Waals surface area (Å²) in [5.74, 6) is -1.14. The monoisotopic (exact) mass is 296 g/mol. The molecule has 0 atom stereocenters. The second kappa shape index (κ2) is 6.10. The van der Waals surface area contributed by atoms with Crippen LogP contribution in [0.3, 0.4) is 0 Å². The Morgan fingerprint density at radius 2 is 0.818 bits per heavy atom. The molecule has 0 N–H and O–H groups in total. The van der Waals surface area contributed by atoms with Crippen molar-refractivity contribution in [2.45, 2.75) is 0 Å². The average molecular weight is 296 g/mol. The first-order valence-electron chi connectivity index (χ1n) is 6.90. The molecule has 0 saturated carbocycles. The summed E-state index contributed by atoms with van der Waals surface area (Å²) in [7, 11) is 0. The Kier molecular flexibility index (Phi) is 4.01. The lowest BCUT2D eigenvalue weighted by atomic mass is 9.37. The van der Waals surface area contributed by atoms with Crippen molar-refractivity contribution in [3.63, 3.8) is 0 Å². The fraction of sp³-hybridized carbons (Fsp3) is 0. The highest BCUT2D eigenvalue weighted by atomic mass is 19.1. The topological polar surface area (TPSA) is 0 Å². The number of rotatable bonds is 3. The lowest BCUT2D eigenvalue weighted by molar-refractivity contribution is 0.629. The first-order valence-corrected chi connectivity index (χ1v) is 6.90. The Bertz CT molecular complexity index is 693. The van der Waals surface area contributed by atoms with Gasteiger partial charge >= 0.3 is 0 Å². The van der Waals surface area contributed by atoms with Crippen molar-refractivity contribution in [1.29, 1.82) is 0 Å². The quantitative estimate of drug-likeness (QED) is 0.652. The van der Waals surface area contributed by atoms with E-state index in [2.05, 4.69) is 0 Å². The summed E-state index contributed by atoms with van der Waals surface area (Å²) in [6.07, 6.45) is 0. The van der Waals surface area contributed by atoms with Crippen molar-refractivity contribution >= 4 is 23.1 Å². The summed E-state index contributed by atoms with van der Waals surface area (Å²) in [6.45, 7) is -0.429. The van der Waals surface area contributed by atoms with Crippen LogP contribution in [0.4, 0.5) is 13.2 Å². The van der Waals surface area contributed by atoms with Crippen LogP contribution in [0.5, 0.6) is 0 Å². The van der Waals surface area contributed by atoms with Gasteiger partial charge in [-0.25, -0.2) is 13.2 Å². The third-order valence-electron chi connectivity index (χ3n) is 3.55. The highest BCUT2D eigenvalue weighted by Gasteiger charge is 2.22. The molecule has 4 heteroatoms. The minimum Gasteiger partial charge on any atom is -0.207 e. The molecule has 108 valence electrons. The maximum atomic E-state index is 13.6. The molecule has 0 fully saturated rings. The van der Waals surface area contributed by atoms with E-state index in [0.717, 1.165) is 0 Å². The predicted octanol–water partition coefficient (Wildman–Crippen LogP) is 2.62. The highest BCUT2D eigenvalue weighted by molar-refractivity contribution is 6.95. The Morgan fingerprint density at radius 1 is 0.500 bits per heavy atom. The van der Waals surface area contributed by atoms with E-state index in [1.54, 1.807) is 36.4 Å². The molecule has 22 heavy (non-hydrogen) atoms. The van der Waals surface area contributed by atoms with Gasteiger partial charge in [-0.2, -0.15) is 0 Å². The van der Waals surface area contributed by atoms with Gasteiger partial charge in [0, 0.05) is 0 Å². The van der Waals surface area contributed by atoms with E-state index in [1.165, 1.54) is 36.4 Å². The molecule has 0 amide bonds. The van der Waals surface area contributed by atoms with Crippen LogP contribution in [0, 0.1) is 17.5 Å². The van der Waals surface area contributed by atoms with Gasteiger partial charge in [-0.3, -0.25) is 0 Å². The second-order valence-corrected chi connectivity index (χ2v) is 5.10. The van der Waals surface area contributed by atoms with Gasteiger partial charge in [-0.1, -0.05) is 52.8 Å². The molecule has 0 unspecified atom stereocenters. The van der Waals surface area contributed by atoms with Crippen molar-refractivity contribution < 1.29 is 13.2 Å². The van der Waals surface area contributed by atoms with Gasteiger partial charge in [0.1, 0.15) is 17.5 Å². The molecule has 0 aliphatic heterocycles. The van der Waals surface area contributed by atoms with E-state index in [4.69, 9.17) is 0 Å². The molecule has 0 spiro atoms. The molecule has 3 rings (SSSR count). The van der Waals surface area contributed by atoms with Gasteiger partial charge < -0.3 is 0 Å². The lowest BCUT2D eigenvalue weighted by Gasteiger charge is -2.15. The number of hydrogen-bond donors (Lipinski definition) is 0. The van der Waals surface area contributed by atoms with Crippen LogP contribution in [0.2, 0.25) is 0 Å². The highest BCUT2D eigenvalue weighted by Crippen LogP contribution is 2.02. The van der Waals surface area contributed by atoms with Crippen LogP contribution in [0.15, 0.2) is 72.8 Å². The maximum Gasteiger partial charge on any atom is 0.241 e. The van der Waals surface area contributed by atoms with Crippen LogP contribution in [0.25, 0.3) is 0 Å². The first kappa shape index (κ1) is 14.5. The zero-order chi connectivity index (χ0) is 15.5. The van der Waals surface area contributed by atoms with E-state index in [9.17, 15) is 13.2 Å². The van der Waals surface area contributed by atoms with Crippen molar-refractivity contribution in [2.75, 3.05) is 0 Å². The second-order valence-electron chi connectivity index (χ2n) is 5.10. The van der Waals surface area contributed by atoms with Gasteiger partial charge in [0.25, 0.3) is 0 Å². The van der Waals surface area contributed by atoms with Crippen LogP contribution in [-0.4, -0.2) is 6.71 Å². The minimum atomic E-state index is -0.429. The molecule has 0 aliphatic rings. The van der Waals surface area contributed by atoms with E-state index in [1.807, 2.05) is 0 Å². The number of benzene rings is 3. The third kappa shape index (κ3) is 3.06. The van der Waals surface area contributed by atoms with Gasteiger partial charge in [-0.15, -0.1) is 0 Å². The largest absolute Gasteiger partial charge is 0.241 e. The van der Waals surface area contributed by atoms with E-state index >= 15 is 0 Å². The molecule has 0 saturated heterocycles. The average Bonchev–Trinajstić information content (AvgIpc) is 2.48. The van der Waals surface area contributed by atoms with Gasteiger partial charge in [-0.05, 0) is 36.4 Å². The van der Waals surface area contributed by atoms with Crippen LogP contribution < -0.4 is 16.4 Å². The normalized spacial score (nSPS) is 10.5. The SMILES string of the molecule is Fc1cccc(B(c2cccc(F)c2)c2cccc(F)c2)c1. The van der Waals surface area contributed by atoms with Gasteiger partial charge in [0.05, 0.1) is 0 Å². The van der Waals surface area contributed by atoms with Gasteiger partial charge in [0.2, 0.25) is 6.71 Å². The zero-order valence-electron chi connectivity index (χ0n) is 11.6. The molecule has 0 nitrogen and oxygen atoms in total. The van der Waals surface area contributed by atoms with Gasteiger partial charge in [0.15, 0.2) is 0 Å². The van der Waals surface area contributed by atoms with Crippen molar-refractivity contribution in [3.8, 4) is 0 Å². The van der Waals surface area contributed by atoms with Crippen LogP contribution in [0.1, 0.15) is 0 Å². The molecular weight excluding hydrogens is 284 g/mol. The minimum absolute atomic E-state index is 0.379. The van der Waals surface area contributed by atoms with Crippen LogP contribution >= 0.6 is 0 Å². The fourth-order valence-corrected chi connectivity index (χ4v) is 2.64.